The molecule has 0 radical (unpaired) electrons. The third-order valence-electron chi connectivity index (χ3n) is 3.39. The number of benzene rings is 1. The molecular weight excluding hydrogens is 240 g/mol. The number of aromatic nitrogens is 1. The maximum atomic E-state index is 5.85. The van der Waals surface area contributed by atoms with E-state index >= 15 is 0 Å². The molecule has 0 amide bonds. The van der Waals surface area contributed by atoms with Crippen LogP contribution in [0.25, 0.3) is 0 Å². The molecule has 2 aromatic rings. The molecule has 0 atom stereocenters. The quantitative estimate of drug-likeness (QED) is 0.855. The first-order valence-corrected chi connectivity index (χ1v) is 7.25. The molecule has 3 rings (SSSR count). The van der Waals surface area contributed by atoms with Gasteiger partial charge in [0.2, 0.25) is 0 Å². The van der Waals surface area contributed by atoms with E-state index < -0.39 is 0 Å². The summed E-state index contributed by atoms with van der Waals surface area (Å²) in [6, 6.07) is 10.8. The summed E-state index contributed by atoms with van der Waals surface area (Å²) in [6.45, 7) is 0. The van der Waals surface area contributed by atoms with Crippen LogP contribution in [0.2, 0.25) is 0 Å². The average molecular weight is 256 g/mol. The summed E-state index contributed by atoms with van der Waals surface area (Å²) in [4.78, 5) is 5.45. The minimum absolute atomic E-state index is 0.645. The zero-order valence-electron chi connectivity index (χ0n) is 10.2. The Morgan fingerprint density at radius 2 is 2.06 bits per heavy atom. The van der Waals surface area contributed by atoms with E-state index in [-0.39, 0.29) is 0 Å². The molecule has 0 spiro atoms. The number of pyridine rings is 1. The Hall–Kier alpha value is -1.48. The van der Waals surface area contributed by atoms with Crippen LogP contribution >= 0.6 is 11.8 Å². The van der Waals surface area contributed by atoms with Gasteiger partial charge in [0.25, 0.3) is 0 Å². The third-order valence-corrected chi connectivity index (χ3v) is 4.43. The van der Waals surface area contributed by atoms with Crippen molar-refractivity contribution in [3.8, 4) is 0 Å². The van der Waals surface area contributed by atoms with Crippen molar-refractivity contribution in [3.05, 3.63) is 53.2 Å². The maximum absolute atomic E-state index is 5.85. The standard InChI is InChI=1S/C15H16N2S/c16-15-13(5-2-8-17-15)10-18-14-7-6-11-3-1-4-12(11)9-14/h2,5-9H,1,3-4,10H2,(H2,16,17). The summed E-state index contributed by atoms with van der Waals surface area (Å²) in [5.41, 5.74) is 10.0. The van der Waals surface area contributed by atoms with Crippen LogP contribution in [0.3, 0.4) is 0 Å². The highest BCUT2D eigenvalue weighted by Crippen LogP contribution is 2.29. The number of fused-ring (bicyclic) bond motifs is 1. The first kappa shape index (κ1) is 11.6. The predicted molar refractivity (Wildman–Crippen MR) is 76.7 cm³/mol. The van der Waals surface area contributed by atoms with Gasteiger partial charge in [-0.15, -0.1) is 11.8 Å². The lowest BCUT2D eigenvalue weighted by atomic mass is 10.1. The van der Waals surface area contributed by atoms with Crippen molar-refractivity contribution < 1.29 is 0 Å². The largest absolute Gasteiger partial charge is 0.383 e. The normalized spacial score (nSPS) is 13.6. The molecule has 1 aliphatic rings. The monoisotopic (exact) mass is 256 g/mol. The summed E-state index contributed by atoms with van der Waals surface area (Å²) in [6.07, 6.45) is 5.52. The lowest BCUT2D eigenvalue weighted by Crippen LogP contribution is -1.95. The van der Waals surface area contributed by atoms with E-state index in [2.05, 4.69) is 23.2 Å². The maximum Gasteiger partial charge on any atom is 0.127 e. The number of hydrogen-bond acceptors (Lipinski definition) is 3. The second-order valence-electron chi connectivity index (χ2n) is 4.62. The minimum atomic E-state index is 0.645. The third kappa shape index (κ3) is 2.36. The molecule has 0 fully saturated rings. The minimum Gasteiger partial charge on any atom is -0.383 e. The highest BCUT2D eigenvalue weighted by Gasteiger charge is 2.11. The summed E-state index contributed by atoms with van der Waals surface area (Å²) < 4.78 is 0. The fourth-order valence-electron chi connectivity index (χ4n) is 2.37. The van der Waals surface area contributed by atoms with Crippen molar-refractivity contribution in [2.24, 2.45) is 0 Å². The number of aryl methyl sites for hydroxylation is 2. The zero-order chi connectivity index (χ0) is 12.4. The van der Waals surface area contributed by atoms with E-state index in [9.17, 15) is 0 Å². The highest BCUT2D eigenvalue weighted by molar-refractivity contribution is 7.98. The van der Waals surface area contributed by atoms with E-state index in [1.165, 1.54) is 35.3 Å². The Labute approximate surface area is 112 Å². The Morgan fingerprint density at radius 3 is 2.94 bits per heavy atom. The summed E-state index contributed by atoms with van der Waals surface area (Å²) >= 11 is 1.83. The van der Waals surface area contributed by atoms with Crippen molar-refractivity contribution in [1.82, 2.24) is 4.98 Å². The number of nitrogens with two attached hydrogens (primary N) is 1. The van der Waals surface area contributed by atoms with Gasteiger partial charge >= 0.3 is 0 Å². The highest BCUT2D eigenvalue weighted by atomic mass is 32.2. The number of hydrogen-bond donors (Lipinski definition) is 1. The van der Waals surface area contributed by atoms with Crippen LogP contribution in [0.15, 0.2) is 41.4 Å². The van der Waals surface area contributed by atoms with Gasteiger partial charge in [-0.1, -0.05) is 12.1 Å². The Kier molecular flexibility index (Phi) is 3.24. The molecule has 3 heteroatoms. The SMILES string of the molecule is Nc1ncccc1CSc1ccc2c(c1)CCC2. The van der Waals surface area contributed by atoms with E-state index in [0.29, 0.717) is 5.82 Å². The molecule has 0 unspecified atom stereocenters. The number of thioether (sulfide) groups is 1. The molecule has 0 saturated heterocycles. The van der Waals surface area contributed by atoms with E-state index in [0.717, 1.165) is 11.3 Å². The molecule has 18 heavy (non-hydrogen) atoms. The van der Waals surface area contributed by atoms with Crippen LogP contribution in [0.1, 0.15) is 23.1 Å². The topological polar surface area (TPSA) is 38.9 Å². The van der Waals surface area contributed by atoms with Crippen molar-refractivity contribution in [2.45, 2.75) is 29.9 Å². The van der Waals surface area contributed by atoms with Crippen LogP contribution in [-0.2, 0) is 18.6 Å². The molecule has 92 valence electrons. The summed E-state index contributed by atoms with van der Waals surface area (Å²) in [5, 5.41) is 0. The molecular formula is C15H16N2S. The fourth-order valence-corrected chi connectivity index (χ4v) is 3.33. The molecule has 1 aliphatic carbocycles. The molecule has 1 aromatic carbocycles. The van der Waals surface area contributed by atoms with Crippen LogP contribution in [-0.4, -0.2) is 4.98 Å². The lowest BCUT2D eigenvalue weighted by molar-refractivity contribution is 0.911. The van der Waals surface area contributed by atoms with Gasteiger partial charge in [-0.3, -0.25) is 0 Å². The van der Waals surface area contributed by atoms with Crippen LogP contribution in [0.5, 0.6) is 0 Å². The number of nitrogen functional groups attached to an aromatic ring is 1. The van der Waals surface area contributed by atoms with E-state index in [1.54, 1.807) is 6.20 Å². The van der Waals surface area contributed by atoms with Gasteiger partial charge in [-0.25, -0.2) is 4.98 Å². The Bertz CT molecular complexity index is 566. The van der Waals surface area contributed by atoms with Crippen molar-refractivity contribution in [1.29, 1.82) is 0 Å². The number of anilines is 1. The fraction of sp³-hybridized carbons (Fsp3) is 0.267. The first-order valence-electron chi connectivity index (χ1n) is 6.27. The van der Waals surface area contributed by atoms with Crippen LogP contribution in [0, 0.1) is 0 Å². The van der Waals surface area contributed by atoms with Crippen molar-refractivity contribution >= 4 is 17.6 Å². The second kappa shape index (κ2) is 5.02. The predicted octanol–water partition coefficient (Wildman–Crippen LogP) is 3.44. The Balaban J connectivity index is 1.72. The van der Waals surface area contributed by atoms with Crippen LogP contribution < -0.4 is 5.73 Å². The molecule has 1 aromatic heterocycles. The van der Waals surface area contributed by atoms with Gasteiger partial charge in [0.15, 0.2) is 0 Å². The van der Waals surface area contributed by atoms with E-state index in [4.69, 9.17) is 5.73 Å². The summed E-state index contributed by atoms with van der Waals surface area (Å²) in [5.74, 6) is 1.53. The van der Waals surface area contributed by atoms with Gasteiger partial charge in [0, 0.05) is 22.4 Å². The van der Waals surface area contributed by atoms with Crippen molar-refractivity contribution in [2.75, 3.05) is 5.73 Å². The second-order valence-corrected chi connectivity index (χ2v) is 5.67. The number of nitrogens with zero attached hydrogens (tertiary/aromatic N) is 1. The van der Waals surface area contributed by atoms with Crippen molar-refractivity contribution in [3.63, 3.8) is 0 Å². The van der Waals surface area contributed by atoms with E-state index in [1.807, 2.05) is 23.9 Å². The van der Waals surface area contributed by atoms with Gasteiger partial charge < -0.3 is 5.73 Å². The molecule has 1 heterocycles. The molecule has 0 saturated carbocycles. The molecule has 0 bridgehead atoms. The molecule has 2 nitrogen and oxygen atoms in total. The van der Waals surface area contributed by atoms with Gasteiger partial charge in [0.05, 0.1) is 0 Å². The lowest BCUT2D eigenvalue weighted by Gasteiger charge is -2.06. The Morgan fingerprint density at radius 1 is 1.17 bits per heavy atom. The first-order chi connectivity index (χ1) is 8.83. The average Bonchev–Trinajstić information content (AvgIpc) is 2.85. The van der Waals surface area contributed by atoms with Crippen LogP contribution in [0.4, 0.5) is 5.82 Å². The summed E-state index contributed by atoms with van der Waals surface area (Å²) in [7, 11) is 0. The van der Waals surface area contributed by atoms with Gasteiger partial charge in [0.1, 0.15) is 5.82 Å². The molecule has 2 N–H and O–H groups in total. The molecule has 0 aliphatic heterocycles. The number of rotatable bonds is 3. The zero-order valence-corrected chi connectivity index (χ0v) is 11.0. The van der Waals surface area contributed by atoms with Gasteiger partial charge in [-0.2, -0.15) is 0 Å². The van der Waals surface area contributed by atoms with Gasteiger partial charge in [-0.05, 0) is 48.6 Å². The smallest absolute Gasteiger partial charge is 0.127 e.